The number of hydrogen-bond donors (Lipinski definition) is 1. The molecule has 94 valence electrons. The average Bonchev–Trinajstić information content (AvgIpc) is 2.80. The molecule has 0 radical (unpaired) electrons. The van der Waals surface area contributed by atoms with E-state index in [0.717, 1.165) is 16.9 Å². The van der Waals surface area contributed by atoms with E-state index in [1.54, 1.807) is 6.26 Å². The van der Waals surface area contributed by atoms with Gasteiger partial charge in [-0.3, -0.25) is 4.79 Å². The molecule has 1 aromatic carbocycles. The Bertz CT molecular complexity index is 509. The minimum absolute atomic E-state index is 0.0339. The maximum atomic E-state index is 11.9. The molecule has 3 nitrogen and oxygen atoms in total. The summed E-state index contributed by atoms with van der Waals surface area (Å²) in [5, 5.41) is 2.89. The number of aryl methyl sites for hydroxylation is 2. The van der Waals surface area contributed by atoms with Gasteiger partial charge in [0.1, 0.15) is 5.76 Å². The SMILES string of the molecule is Cc1cc(C)cc(C(=O)NCCc2ccco2)c1. The van der Waals surface area contributed by atoms with Gasteiger partial charge in [0, 0.05) is 18.5 Å². The van der Waals surface area contributed by atoms with Crippen LogP contribution >= 0.6 is 0 Å². The Balaban J connectivity index is 1.91. The maximum Gasteiger partial charge on any atom is 0.251 e. The van der Waals surface area contributed by atoms with Crippen LogP contribution in [-0.2, 0) is 6.42 Å². The summed E-state index contributed by atoms with van der Waals surface area (Å²) in [7, 11) is 0. The second kappa shape index (κ2) is 5.54. The Morgan fingerprint density at radius 1 is 1.22 bits per heavy atom. The summed E-state index contributed by atoms with van der Waals surface area (Å²) in [6.45, 7) is 4.57. The highest BCUT2D eigenvalue weighted by atomic mass is 16.3. The number of rotatable bonds is 4. The van der Waals surface area contributed by atoms with Crippen LogP contribution in [0.4, 0.5) is 0 Å². The molecule has 0 spiro atoms. The smallest absolute Gasteiger partial charge is 0.251 e. The predicted octanol–water partition coefficient (Wildman–Crippen LogP) is 2.87. The first kappa shape index (κ1) is 12.4. The normalized spacial score (nSPS) is 10.3. The van der Waals surface area contributed by atoms with Gasteiger partial charge in [0.15, 0.2) is 0 Å². The third-order valence-corrected chi connectivity index (χ3v) is 2.72. The number of amides is 1. The molecular weight excluding hydrogens is 226 g/mol. The van der Waals surface area contributed by atoms with Gasteiger partial charge in [-0.15, -0.1) is 0 Å². The number of hydrogen-bond acceptors (Lipinski definition) is 2. The van der Waals surface area contributed by atoms with E-state index in [0.29, 0.717) is 18.5 Å². The Morgan fingerprint density at radius 3 is 2.56 bits per heavy atom. The number of benzene rings is 1. The average molecular weight is 243 g/mol. The number of carbonyl (C=O) groups excluding carboxylic acids is 1. The fourth-order valence-corrected chi connectivity index (χ4v) is 1.96. The predicted molar refractivity (Wildman–Crippen MR) is 70.7 cm³/mol. The van der Waals surface area contributed by atoms with E-state index in [9.17, 15) is 4.79 Å². The molecule has 0 aliphatic heterocycles. The van der Waals surface area contributed by atoms with E-state index in [2.05, 4.69) is 11.4 Å². The maximum absolute atomic E-state index is 11.9. The van der Waals surface area contributed by atoms with Gasteiger partial charge in [-0.25, -0.2) is 0 Å². The summed E-state index contributed by atoms with van der Waals surface area (Å²) >= 11 is 0. The summed E-state index contributed by atoms with van der Waals surface area (Å²) in [6, 6.07) is 9.61. The zero-order valence-electron chi connectivity index (χ0n) is 10.7. The van der Waals surface area contributed by atoms with Gasteiger partial charge in [0.2, 0.25) is 0 Å². The van der Waals surface area contributed by atoms with Crippen molar-refractivity contribution in [3.63, 3.8) is 0 Å². The molecule has 3 heteroatoms. The minimum Gasteiger partial charge on any atom is -0.469 e. The lowest BCUT2D eigenvalue weighted by Gasteiger charge is -2.06. The molecule has 1 N–H and O–H groups in total. The van der Waals surface area contributed by atoms with Crippen LogP contribution in [0.2, 0.25) is 0 Å². The second-order valence-corrected chi connectivity index (χ2v) is 4.46. The zero-order valence-corrected chi connectivity index (χ0v) is 10.7. The molecule has 2 rings (SSSR count). The van der Waals surface area contributed by atoms with Crippen molar-refractivity contribution in [3.8, 4) is 0 Å². The van der Waals surface area contributed by atoms with Crippen LogP contribution in [0.3, 0.4) is 0 Å². The van der Waals surface area contributed by atoms with Crippen molar-refractivity contribution in [1.29, 1.82) is 0 Å². The van der Waals surface area contributed by atoms with Crippen molar-refractivity contribution < 1.29 is 9.21 Å². The fraction of sp³-hybridized carbons (Fsp3) is 0.267. The van der Waals surface area contributed by atoms with Crippen LogP contribution in [0.15, 0.2) is 41.0 Å². The summed E-state index contributed by atoms with van der Waals surface area (Å²) in [6.07, 6.45) is 2.35. The molecule has 0 saturated heterocycles. The molecule has 0 aliphatic carbocycles. The Hall–Kier alpha value is -2.03. The van der Waals surface area contributed by atoms with Crippen molar-refractivity contribution >= 4 is 5.91 Å². The monoisotopic (exact) mass is 243 g/mol. The van der Waals surface area contributed by atoms with Crippen molar-refractivity contribution in [2.45, 2.75) is 20.3 Å². The first-order chi connectivity index (χ1) is 8.65. The van der Waals surface area contributed by atoms with E-state index in [4.69, 9.17) is 4.42 Å². The molecular formula is C15H17NO2. The molecule has 0 bridgehead atoms. The fourth-order valence-electron chi connectivity index (χ4n) is 1.96. The van der Waals surface area contributed by atoms with Crippen molar-refractivity contribution in [1.82, 2.24) is 5.32 Å². The topological polar surface area (TPSA) is 42.2 Å². The van der Waals surface area contributed by atoms with Gasteiger partial charge in [-0.1, -0.05) is 17.2 Å². The lowest BCUT2D eigenvalue weighted by atomic mass is 10.1. The highest BCUT2D eigenvalue weighted by molar-refractivity contribution is 5.94. The molecule has 0 saturated carbocycles. The summed E-state index contributed by atoms with van der Waals surface area (Å²) in [4.78, 5) is 11.9. The van der Waals surface area contributed by atoms with Crippen LogP contribution in [0.5, 0.6) is 0 Å². The molecule has 2 aromatic rings. The molecule has 0 aliphatic rings. The van der Waals surface area contributed by atoms with Gasteiger partial charge < -0.3 is 9.73 Å². The van der Waals surface area contributed by atoms with Gasteiger partial charge in [-0.05, 0) is 38.1 Å². The molecule has 1 aromatic heterocycles. The van der Waals surface area contributed by atoms with E-state index in [1.807, 2.05) is 38.1 Å². The standard InChI is InChI=1S/C15H17NO2/c1-11-8-12(2)10-13(9-11)15(17)16-6-5-14-4-3-7-18-14/h3-4,7-10H,5-6H2,1-2H3,(H,16,17). The van der Waals surface area contributed by atoms with Crippen LogP contribution in [0.1, 0.15) is 27.2 Å². The quantitative estimate of drug-likeness (QED) is 0.897. The molecule has 18 heavy (non-hydrogen) atoms. The first-order valence-corrected chi connectivity index (χ1v) is 6.04. The Morgan fingerprint density at radius 2 is 1.94 bits per heavy atom. The third kappa shape index (κ3) is 3.23. The van der Waals surface area contributed by atoms with Crippen LogP contribution < -0.4 is 5.32 Å². The highest BCUT2D eigenvalue weighted by Crippen LogP contribution is 2.08. The van der Waals surface area contributed by atoms with Gasteiger partial charge in [-0.2, -0.15) is 0 Å². The number of furan rings is 1. The Labute approximate surface area is 107 Å². The van der Waals surface area contributed by atoms with E-state index >= 15 is 0 Å². The number of carbonyl (C=O) groups is 1. The lowest BCUT2D eigenvalue weighted by Crippen LogP contribution is -2.25. The van der Waals surface area contributed by atoms with Gasteiger partial charge in [0.05, 0.1) is 6.26 Å². The van der Waals surface area contributed by atoms with Crippen LogP contribution in [0.25, 0.3) is 0 Å². The highest BCUT2D eigenvalue weighted by Gasteiger charge is 2.06. The summed E-state index contributed by atoms with van der Waals surface area (Å²) in [5.74, 6) is 0.851. The molecule has 1 amide bonds. The van der Waals surface area contributed by atoms with Crippen molar-refractivity contribution in [2.24, 2.45) is 0 Å². The Kier molecular flexibility index (Phi) is 3.82. The first-order valence-electron chi connectivity index (χ1n) is 6.04. The minimum atomic E-state index is -0.0339. The van der Waals surface area contributed by atoms with E-state index < -0.39 is 0 Å². The van der Waals surface area contributed by atoms with Crippen molar-refractivity contribution in [3.05, 3.63) is 59.0 Å². The summed E-state index contributed by atoms with van der Waals surface area (Å²) in [5.41, 5.74) is 2.92. The number of nitrogens with one attached hydrogen (secondary N) is 1. The second-order valence-electron chi connectivity index (χ2n) is 4.46. The molecule has 0 atom stereocenters. The zero-order chi connectivity index (χ0) is 13.0. The summed E-state index contributed by atoms with van der Waals surface area (Å²) < 4.78 is 5.21. The molecule has 0 fully saturated rings. The third-order valence-electron chi connectivity index (χ3n) is 2.72. The van der Waals surface area contributed by atoms with Gasteiger partial charge >= 0.3 is 0 Å². The lowest BCUT2D eigenvalue weighted by molar-refractivity contribution is 0.0953. The van der Waals surface area contributed by atoms with Crippen LogP contribution in [0, 0.1) is 13.8 Å². The molecule has 1 heterocycles. The van der Waals surface area contributed by atoms with E-state index in [-0.39, 0.29) is 5.91 Å². The van der Waals surface area contributed by atoms with Crippen molar-refractivity contribution in [2.75, 3.05) is 6.54 Å². The van der Waals surface area contributed by atoms with Crippen LogP contribution in [-0.4, -0.2) is 12.5 Å². The largest absolute Gasteiger partial charge is 0.469 e. The van der Waals surface area contributed by atoms with Gasteiger partial charge in [0.25, 0.3) is 5.91 Å². The molecule has 0 unspecified atom stereocenters. The van der Waals surface area contributed by atoms with E-state index in [1.165, 1.54) is 0 Å².